The van der Waals surface area contributed by atoms with Crippen molar-refractivity contribution in [1.29, 1.82) is 0 Å². The third-order valence-electron chi connectivity index (χ3n) is 3.17. The molecule has 2 heterocycles. The monoisotopic (exact) mass is 301 g/mol. The summed E-state index contributed by atoms with van der Waals surface area (Å²) in [5.74, 6) is 0.707. The molecule has 0 aliphatic rings. The maximum absolute atomic E-state index is 12.5. The Labute approximate surface area is 125 Å². The Morgan fingerprint density at radius 2 is 2.19 bits per heavy atom. The van der Waals surface area contributed by atoms with Crippen molar-refractivity contribution >= 4 is 33.0 Å². The van der Waals surface area contributed by atoms with Gasteiger partial charge in [0.1, 0.15) is 11.5 Å². The van der Waals surface area contributed by atoms with Gasteiger partial charge in [-0.25, -0.2) is 0 Å². The van der Waals surface area contributed by atoms with E-state index >= 15 is 0 Å². The van der Waals surface area contributed by atoms with Gasteiger partial charge in [-0.2, -0.15) is 0 Å². The zero-order valence-corrected chi connectivity index (χ0v) is 12.6. The number of aromatic nitrogens is 1. The molecule has 0 spiro atoms. The van der Waals surface area contributed by atoms with E-state index in [1.54, 1.807) is 11.9 Å². The van der Waals surface area contributed by atoms with Crippen LogP contribution in [0.2, 0.25) is 0 Å². The van der Waals surface area contributed by atoms with E-state index in [0.717, 1.165) is 21.5 Å². The van der Waals surface area contributed by atoms with Crippen LogP contribution in [0, 0.1) is 6.92 Å². The van der Waals surface area contributed by atoms with E-state index in [-0.39, 0.29) is 5.91 Å². The fraction of sp³-hybridized carbons (Fsp3) is 0.200. The van der Waals surface area contributed by atoms with Crippen molar-refractivity contribution in [1.82, 2.24) is 10.1 Å². The van der Waals surface area contributed by atoms with Gasteiger partial charge in [-0.1, -0.05) is 5.16 Å². The minimum absolute atomic E-state index is 0.0320. The van der Waals surface area contributed by atoms with Crippen molar-refractivity contribution in [3.8, 4) is 0 Å². The highest BCUT2D eigenvalue weighted by Gasteiger charge is 2.16. The largest absolute Gasteiger partial charge is 0.399 e. The first kappa shape index (κ1) is 13.6. The number of anilines is 1. The van der Waals surface area contributed by atoms with Crippen molar-refractivity contribution in [3.63, 3.8) is 0 Å². The van der Waals surface area contributed by atoms with Gasteiger partial charge in [0.2, 0.25) is 0 Å². The van der Waals surface area contributed by atoms with E-state index < -0.39 is 0 Å². The van der Waals surface area contributed by atoms with E-state index in [2.05, 4.69) is 5.16 Å². The minimum atomic E-state index is -0.0320. The zero-order valence-electron chi connectivity index (χ0n) is 11.8. The normalized spacial score (nSPS) is 11.0. The molecule has 6 heteroatoms. The first-order chi connectivity index (χ1) is 10.0. The van der Waals surface area contributed by atoms with Crippen molar-refractivity contribution in [2.75, 3.05) is 12.8 Å². The SMILES string of the molecule is Cc1cc(CN(C)C(=O)c2cc3cc(N)ccc3s2)no1. The Balaban J connectivity index is 1.82. The van der Waals surface area contributed by atoms with Crippen LogP contribution in [0.4, 0.5) is 5.69 Å². The molecule has 21 heavy (non-hydrogen) atoms. The Hall–Kier alpha value is -2.34. The fourth-order valence-corrected chi connectivity index (χ4v) is 3.20. The number of hydrogen-bond acceptors (Lipinski definition) is 5. The fourth-order valence-electron chi connectivity index (χ4n) is 2.16. The summed E-state index contributed by atoms with van der Waals surface area (Å²) in [6.45, 7) is 2.25. The van der Waals surface area contributed by atoms with E-state index in [0.29, 0.717) is 17.1 Å². The second-order valence-corrected chi connectivity index (χ2v) is 6.08. The van der Waals surface area contributed by atoms with Crippen LogP contribution in [0.25, 0.3) is 10.1 Å². The van der Waals surface area contributed by atoms with Gasteiger partial charge in [-0.05, 0) is 36.6 Å². The molecule has 0 unspecified atom stereocenters. The molecule has 0 saturated heterocycles. The van der Waals surface area contributed by atoms with Gasteiger partial charge in [0.15, 0.2) is 0 Å². The average molecular weight is 301 g/mol. The molecule has 2 aromatic heterocycles. The molecule has 3 rings (SSSR count). The highest BCUT2D eigenvalue weighted by molar-refractivity contribution is 7.20. The van der Waals surface area contributed by atoms with Crippen molar-refractivity contribution in [2.45, 2.75) is 13.5 Å². The smallest absolute Gasteiger partial charge is 0.264 e. The highest BCUT2D eigenvalue weighted by atomic mass is 32.1. The lowest BCUT2D eigenvalue weighted by Gasteiger charge is -2.13. The van der Waals surface area contributed by atoms with Crippen molar-refractivity contribution in [3.05, 3.63) is 46.7 Å². The van der Waals surface area contributed by atoms with Crippen LogP contribution in [0.1, 0.15) is 21.1 Å². The Kier molecular flexibility index (Phi) is 3.39. The predicted molar refractivity (Wildman–Crippen MR) is 83.3 cm³/mol. The van der Waals surface area contributed by atoms with Gasteiger partial charge < -0.3 is 15.2 Å². The summed E-state index contributed by atoms with van der Waals surface area (Å²) in [6.07, 6.45) is 0. The van der Waals surface area contributed by atoms with Crippen molar-refractivity contribution in [2.24, 2.45) is 0 Å². The first-order valence-electron chi connectivity index (χ1n) is 6.49. The minimum Gasteiger partial charge on any atom is -0.399 e. The molecule has 2 N–H and O–H groups in total. The number of fused-ring (bicyclic) bond motifs is 1. The van der Waals surface area contributed by atoms with E-state index in [1.807, 2.05) is 37.3 Å². The third-order valence-corrected chi connectivity index (χ3v) is 4.28. The quantitative estimate of drug-likeness (QED) is 0.755. The van der Waals surface area contributed by atoms with Gasteiger partial charge in [-0.15, -0.1) is 11.3 Å². The molecular formula is C15H15N3O2S. The number of amides is 1. The second kappa shape index (κ2) is 5.21. The van der Waals surface area contributed by atoms with Gasteiger partial charge in [0, 0.05) is 23.5 Å². The van der Waals surface area contributed by atoms with E-state index in [1.165, 1.54) is 11.3 Å². The Morgan fingerprint density at radius 3 is 2.90 bits per heavy atom. The lowest BCUT2D eigenvalue weighted by molar-refractivity contribution is 0.0787. The number of thiophene rings is 1. The molecule has 5 nitrogen and oxygen atoms in total. The van der Waals surface area contributed by atoms with Crippen LogP contribution in [0.15, 0.2) is 34.9 Å². The number of aryl methyl sites for hydroxylation is 1. The molecule has 0 bridgehead atoms. The molecule has 108 valence electrons. The van der Waals surface area contributed by atoms with Crippen LogP contribution in [-0.2, 0) is 6.54 Å². The van der Waals surface area contributed by atoms with Gasteiger partial charge in [-0.3, -0.25) is 4.79 Å². The van der Waals surface area contributed by atoms with Crippen LogP contribution in [-0.4, -0.2) is 23.0 Å². The number of nitrogens with two attached hydrogens (primary N) is 1. The van der Waals surface area contributed by atoms with Crippen LogP contribution < -0.4 is 5.73 Å². The number of benzene rings is 1. The maximum atomic E-state index is 12.5. The number of nitrogens with zero attached hydrogens (tertiary/aromatic N) is 2. The molecule has 3 aromatic rings. The van der Waals surface area contributed by atoms with Gasteiger partial charge >= 0.3 is 0 Å². The van der Waals surface area contributed by atoms with Gasteiger partial charge in [0.25, 0.3) is 5.91 Å². The molecule has 1 aromatic carbocycles. The number of nitrogen functional groups attached to an aromatic ring is 1. The summed E-state index contributed by atoms with van der Waals surface area (Å²) in [6, 6.07) is 9.37. The van der Waals surface area contributed by atoms with Crippen molar-refractivity contribution < 1.29 is 9.32 Å². The highest BCUT2D eigenvalue weighted by Crippen LogP contribution is 2.28. The Bertz CT molecular complexity index is 806. The zero-order chi connectivity index (χ0) is 15.0. The molecule has 0 aliphatic heterocycles. The van der Waals surface area contributed by atoms with E-state index in [9.17, 15) is 4.79 Å². The summed E-state index contributed by atoms with van der Waals surface area (Å²) >= 11 is 1.47. The molecular weight excluding hydrogens is 286 g/mol. The van der Waals surface area contributed by atoms with Crippen LogP contribution in [0.3, 0.4) is 0 Å². The molecule has 0 radical (unpaired) electrons. The third kappa shape index (κ3) is 2.75. The molecule has 0 saturated carbocycles. The topological polar surface area (TPSA) is 72.4 Å². The summed E-state index contributed by atoms with van der Waals surface area (Å²) in [7, 11) is 1.76. The maximum Gasteiger partial charge on any atom is 0.264 e. The molecule has 0 aliphatic carbocycles. The second-order valence-electron chi connectivity index (χ2n) is 5.00. The number of carbonyl (C=O) groups is 1. The lowest BCUT2D eigenvalue weighted by atomic mass is 10.2. The van der Waals surface area contributed by atoms with E-state index in [4.69, 9.17) is 10.3 Å². The predicted octanol–water partition coefficient (Wildman–Crippen LogP) is 3.05. The first-order valence-corrected chi connectivity index (χ1v) is 7.31. The number of hydrogen-bond donors (Lipinski definition) is 1. The lowest BCUT2D eigenvalue weighted by Crippen LogP contribution is -2.25. The van der Waals surface area contributed by atoms with Crippen LogP contribution in [0.5, 0.6) is 0 Å². The van der Waals surface area contributed by atoms with Crippen LogP contribution >= 0.6 is 11.3 Å². The molecule has 0 fully saturated rings. The summed E-state index contributed by atoms with van der Waals surface area (Å²) in [5, 5.41) is 4.90. The molecule has 0 atom stereocenters. The van der Waals surface area contributed by atoms with Gasteiger partial charge in [0.05, 0.1) is 11.4 Å². The Morgan fingerprint density at radius 1 is 1.38 bits per heavy atom. The molecule has 1 amide bonds. The summed E-state index contributed by atoms with van der Waals surface area (Å²) in [5.41, 5.74) is 7.21. The summed E-state index contributed by atoms with van der Waals surface area (Å²) < 4.78 is 6.07. The summed E-state index contributed by atoms with van der Waals surface area (Å²) in [4.78, 5) is 14.8. The average Bonchev–Trinajstić information content (AvgIpc) is 3.03. The number of rotatable bonds is 3. The number of carbonyl (C=O) groups excluding carboxylic acids is 1. The standard InChI is InChI=1S/C15H15N3O2S/c1-9-5-12(17-20-9)8-18(2)15(19)14-7-10-6-11(16)3-4-13(10)21-14/h3-7H,8,16H2,1-2H3.